The topological polar surface area (TPSA) is 163 Å². The van der Waals surface area contributed by atoms with E-state index in [0.29, 0.717) is 57.1 Å². The second kappa shape index (κ2) is 21.4. The second-order valence-corrected chi connectivity index (χ2v) is 19.3. The second-order valence-electron chi connectivity index (χ2n) is 17.5. The standard InChI is InChI=1S/C52H48Cl4N6O8/c1-5-16-59-27-40(44(32-10-7-13-36(53)21-32)33-11-8-14-37(54)22-33)61-47(51(59)67)49(43(65)26-58-61)70-52(68)29(3)18-31-19-35(24-39(56)20-31)45(34-12-9-15-38(55)23-34)41-28-60(17-6-2)50(66)46-48(69-30(4)63)42(64)25-57-62(41)46/h7-15,19-26,29,40-41,44-45H,5-6,16-18,27-28H2,1-4H3/t29?,40-,41-,45?/m1/s1. The van der Waals surface area contributed by atoms with E-state index in [1.54, 1.807) is 59.2 Å². The lowest BCUT2D eigenvalue weighted by molar-refractivity contribution is -0.138. The van der Waals surface area contributed by atoms with E-state index < -0.39 is 75.9 Å². The van der Waals surface area contributed by atoms with Gasteiger partial charge in [0.1, 0.15) is 0 Å². The molecule has 2 aliphatic heterocycles. The first-order valence-electron chi connectivity index (χ1n) is 22.8. The molecule has 8 rings (SSSR count). The summed E-state index contributed by atoms with van der Waals surface area (Å²) in [4.78, 5) is 85.2. The molecule has 2 unspecified atom stereocenters. The number of aromatic nitrogens is 4. The molecule has 18 heteroatoms. The molecule has 0 spiro atoms. The summed E-state index contributed by atoms with van der Waals surface area (Å²) in [6.45, 7) is 7.71. The molecule has 0 saturated carbocycles. The maximum absolute atomic E-state index is 14.4. The third-order valence-electron chi connectivity index (χ3n) is 12.5. The van der Waals surface area contributed by atoms with Crippen molar-refractivity contribution in [3.05, 3.63) is 183 Å². The van der Waals surface area contributed by atoms with Gasteiger partial charge in [0.25, 0.3) is 11.8 Å². The number of amides is 2. The number of hydrogen-bond acceptors (Lipinski definition) is 10. The van der Waals surface area contributed by atoms with E-state index in [4.69, 9.17) is 55.9 Å². The Kier molecular flexibility index (Phi) is 15.3. The molecule has 2 amide bonds. The number of fused-ring (bicyclic) bond motifs is 2. The molecular formula is C52H48Cl4N6O8. The number of esters is 2. The molecule has 0 aliphatic carbocycles. The van der Waals surface area contributed by atoms with E-state index in [-0.39, 0.29) is 30.9 Å². The summed E-state index contributed by atoms with van der Waals surface area (Å²) in [6, 6.07) is 26.0. The van der Waals surface area contributed by atoms with Crippen molar-refractivity contribution in [3.63, 3.8) is 0 Å². The highest BCUT2D eigenvalue weighted by molar-refractivity contribution is 6.31. The summed E-state index contributed by atoms with van der Waals surface area (Å²) in [5.41, 5.74) is 1.84. The van der Waals surface area contributed by atoms with Crippen molar-refractivity contribution in [3.8, 4) is 11.5 Å². The van der Waals surface area contributed by atoms with Crippen LogP contribution in [0.25, 0.3) is 0 Å². The van der Waals surface area contributed by atoms with E-state index in [1.165, 1.54) is 9.36 Å². The molecule has 0 bridgehead atoms. The Morgan fingerprint density at radius 2 is 1.04 bits per heavy atom. The number of benzene rings is 4. The number of nitrogens with zero attached hydrogens (tertiary/aromatic N) is 6. The van der Waals surface area contributed by atoms with Gasteiger partial charge in [-0.05, 0) is 95.6 Å². The molecule has 70 heavy (non-hydrogen) atoms. The number of hydrogen-bond donors (Lipinski definition) is 0. The first-order valence-corrected chi connectivity index (χ1v) is 24.4. The number of ether oxygens (including phenoxy) is 2. The molecule has 4 heterocycles. The molecule has 4 atom stereocenters. The molecule has 362 valence electrons. The number of carbonyl (C=O) groups is 4. The van der Waals surface area contributed by atoms with Crippen molar-refractivity contribution in [1.29, 1.82) is 0 Å². The van der Waals surface area contributed by atoms with E-state index >= 15 is 0 Å². The van der Waals surface area contributed by atoms with E-state index in [0.717, 1.165) is 36.0 Å². The Morgan fingerprint density at radius 3 is 1.47 bits per heavy atom. The smallest absolute Gasteiger partial charge is 0.314 e. The predicted octanol–water partition coefficient (Wildman–Crippen LogP) is 9.60. The Hall–Kier alpha value is -6.32. The third-order valence-corrected chi connectivity index (χ3v) is 13.4. The normalized spacial score (nSPS) is 16.4. The predicted molar refractivity (Wildman–Crippen MR) is 267 cm³/mol. The minimum Gasteiger partial charge on any atom is -0.420 e. The molecule has 14 nitrogen and oxygen atoms in total. The van der Waals surface area contributed by atoms with Gasteiger partial charge in [0, 0.05) is 65.0 Å². The largest absolute Gasteiger partial charge is 0.420 e. The molecule has 6 aromatic rings. The molecule has 2 aliphatic rings. The van der Waals surface area contributed by atoms with Crippen molar-refractivity contribution in [2.75, 3.05) is 26.2 Å². The van der Waals surface area contributed by atoms with Crippen LogP contribution in [0.15, 0.2) is 113 Å². The van der Waals surface area contributed by atoms with Gasteiger partial charge in [-0.25, -0.2) is 0 Å². The average molecular weight is 1030 g/mol. The van der Waals surface area contributed by atoms with Crippen molar-refractivity contribution < 1.29 is 28.7 Å². The maximum Gasteiger partial charge on any atom is 0.314 e. The Balaban J connectivity index is 1.16. The van der Waals surface area contributed by atoms with Crippen LogP contribution in [-0.2, 0) is 16.0 Å². The number of carbonyl (C=O) groups excluding carboxylic acids is 4. The Morgan fingerprint density at radius 1 is 0.614 bits per heavy atom. The zero-order valence-electron chi connectivity index (χ0n) is 38.6. The van der Waals surface area contributed by atoms with Crippen LogP contribution in [-0.4, -0.2) is 79.3 Å². The van der Waals surface area contributed by atoms with Crippen LogP contribution in [0.5, 0.6) is 11.5 Å². The van der Waals surface area contributed by atoms with E-state index in [9.17, 15) is 28.8 Å². The van der Waals surface area contributed by atoms with Crippen LogP contribution in [0.1, 0.15) is 113 Å². The fraction of sp³-hybridized carbons (Fsp3) is 0.308. The van der Waals surface area contributed by atoms with Crippen LogP contribution >= 0.6 is 46.4 Å². The van der Waals surface area contributed by atoms with Gasteiger partial charge in [-0.3, -0.25) is 38.1 Å². The highest BCUT2D eigenvalue weighted by atomic mass is 35.5. The first kappa shape index (κ1) is 50.1. The Labute approximate surface area is 423 Å². The summed E-state index contributed by atoms with van der Waals surface area (Å²) in [5.74, 6) is -5.41. The van der Waals surface area contributed by atoms with Gasteiger partial charge < -0.3 is 19.3 Å². The minimum absolute atomic E-state index is 0.0800. The van der Waals surface area contributed by atoms with Crippen molar-refractivity contribution >= 4 is 70.2 Å². The van der Waals surface area contributed by atoms with Crippen LogP contribution in [0, 0.1) is 5.92 Å². The quantitative estimate of drug-likeness (QED) is 0.0906. The Bertz CT molecular complexity index is 3100. The van der Waals surface area contributed by atoms with Gasteiger partial charge in [0.15, 0.2) is 11.4 Å². The van der Waals surface area contributed by atoms with Crippen LogP contribution in [0.3, 0.4) is 0 Å². The lowest BCUT2D eigenvalue weighted by Gasteiger charge is -2.39. The zero-order valence-corrected chi connectivity index (χ0v) is 41.6. The lowest BCUT2D eigenvalue weighted by Crippen LogP contribution is -2.47. The van der Waals surface area contributed by atoms with Crippen LogP contribution < -0.4 is 20.3 Å². The van der Waals surface area contributed by atoms with Gasteiger partial charge in [-0.15, -0.1) is 0 Å². The summed E-state index contributed by atoms with van der Waals surface area (Å²) < 4.78 is 14.3. The molecule has 2 aromatic heterocycles. The van der Waals surface area contributed by atoms with Gasteiger partial charge in [0.2, 0.25) is 22.4 Å². The number of halogens is 4. The molecule has 4 aromatic carbocycles. The highest BCUT2D eigenvalue weighted by Gasteiger charge is 2.42. The van der Waals surface area contributed by atoms with Gasteiger partial charge >= 0.3 is 11.9 Å². The monoisotopic (exact) mass is 1020 g/mol. The van der Waals surface area contributed by atoms with Gasteiger partial charge in [-0.1, -0.05) is 110 Å². The molecule has 0 saturated heterocycles. The van der Waals surface area contributed by atoms with Gasteiger partial charge in [0.05, 0.1) is 30.4 Å². The van der Waals surface area contributed by atoms with E-state index in [2.05, 4.69) is 10.2 Å². The van der Waals surface area contributed by atoms with Crippen LogP contribution in [0.2, 0.25) is 20.1 Å². The van der Waals surface area contributed by atoms with Gasteiger partial charge in [-0.2, -0.15) is 10.2 Å². The molecule has 0 radical (unpaired) electrons. The summed E-state index contributed by atoms with van der Waals surface area (Å²) in [7, 11) is 0. The number of rotatable bonds is 15. The zero-order chi connectivity index (χ0) is 50.0. The fourth-order valence-corrected chi connectivity index (χ4v) is 10.5. The fourth-order valence-electron chi connectivity index (χ4n) is 9.61. The minimum atomic E-state index is -0.887. The molecule has 0 N–H and O–H groups in total. The third kappa shape index (κ3) is 10.4. The summed E-state index contributed by atoms with van der Waals surface area (Å²) >= 11 is 26.6. The van der Waals surface area contributed by atoms with Crippen LogP contribution in [0.4, 0.5) is 0 Å². The van der Waals surface area contributed by atoms with Crippen molar-refractivity contribution in [2.24, 2.45) is 5.92 Å². The lowest BCUT2D eigenvalue weighted by atomic mass is 9.82. The maximum atomic E-state index is 14.4. The van der Waals surface area contributed by atoms with E-state index in [1.807, 2.05) is 62.4 Å². The first-order chi connectivity index (χ1) is 33.6. The molecule has 0 fully saturated rings. The summed E-state index contributed by atoms with van der Waals surface area (Å²) in [5, 5.41) is 10.7. The van der Waals surface area contributed by atoms with Crippen molar-refractivity contribution in [1.82, 2.24) is 29.4 Å². The molecular weight excluding hydrogens is 978 g/mol. The average Bonchev–Trinajstić information content (AvgIpc) is 3.30. The highest BCUT2D eigenvalue weighted by Crippen LogP contribution is 2.43. The SMILES string of the molecule is CCCN1C[C@H](C(c2cccc(Cl)c2)c2cc(Cl)cc(CC(C)C(=O)Oc3c4n(ncc3=O)[C@@H](C(c3cccc(Cl)c3)c3cccc(Cl)c3)CN(CCC)C4=O)c2)n2ncc(=O)c(OC(C)=O)c2C1=O. The summed E-state index contributed by atoms with van der Waals surface area (Å²) in [6.07, 6.45) is 3.35. The van der Waals surface area contributed by atoms with Crippen molar-refractivity contribution in [2.45, 2.75) is 70.9 Å².